The van der Waals surface area contributed by atoms with Gasteiger partial charge in [0.15, 0.2) is 0 Å². The second-order valence-corrected chi connectivity index (χ2v) is 7.46. The molecule has 0 radical (unpaired) electrons. The molecule has 1 heterocycles. The minimum Gasteiger partial charge on any atom is -0.250 e. The van der Waals surface area contributed by atoms with Crippen molar-refractivity contribution >= 4 is 21.4 Å². The number of hydrogen-bond acceptors (Lipinski definition) is 4. The van der Waals surface area contributed by atoms with Gasteiger partial charge in [0.2, 0.25) is 10.0 Å². The van der Waals surface area contributed by atoms with Gasteiger partial charge in [0.1, 0.15) is 5.82 Å². The van der Waals surface area contributed by atoms with Gasteiger partial charge < -0.3 is 0 Å². The first-order valence-electron chi connectivity index (χ1n) is 6.05. The van der Waals surface area contributed by atoms with Crippen molar-refractivity contribution in [2.45, 2.75) is 25.2 Å². The number of aryl methyl sites for hydroxylation is 2. The Labute approximate surface area is 121 Å². The van der Waals surface area contributed by atoms with Crippen molar-refractivity contribution in [2.75, 3.05) is 6.54 Å². The fraction of sp³-hybridized carbons (Fsp3) is 0.308. The molecule has 20 heavy (non-hydrogen) atoms. The van der Waals surface area contributed by atoms with Gasteiger partial charge >= 0.3 is 0 Å². The van der Waals surface area contributed by atoms with E-state index < -0.39 is 15.8 Å². The minimum atomic E-state index is -3.60. The fourth-order valence-corrected chi connectivity index (χ4v) is 3.87. The van der Waals surface area contributed by atoms with Crippen LogP contribution in [0.1, 0.15) is 15.4 Å². The zero-order valence-electron chi connectivity index (χ0n) is 11.2. The zero-order valence-corrected chi connectivity index (χ0v) is 12.8. The molecular formula is C13H15FN2O2S2. The molecule has 0 amide bonds. The Kier molecular flexibility index (Phi) is 4.52. The summed E-state index contributed by atoms with van der Waals surface area (Å²) in [5.41, 5.74) is 0.395. The predicted octanol–water partition coefficient (Wildman–Crippen LogP) is 2.42. The SMILES string of the molecule is Cc1ncc(CCNS(=O)(=O)c2ccc(F)cc2C)s1. The summed E-state index contributed by atoms with van der Waals surface area (Å²) in [5, 5.41) is 0.956. The monoisotopic (exact) mass is 314 g/mol. The molecule has 0 aliphatic carbocycles. The highest BCUT2D eigenvalue weighted by atomic mass is 32.2. The van der Waals surface area contributed by atoms with Crippen molar-refractivity contribution in [2.24, 2.45) is 0 Å². The van der Waals surface area contributed by atoms with Crippen LogP contribution in [0.3, 0.4) is 0 Å². The quantitative estimate of drug-likeness (QED) is 0.922. The molecule has 2 aromatic rings. The van der Waals surface area contributed by atoms with Crippen molar-refractivity contribution < 1.29 is 12.8 Å². The normalized spacial score (nSPS) is 11.8. The second kappa shape index (κ2) is 5.99. The summed E-state index contributed by atoms with van der Waals surface area (Å²) in [7, 11) is -3.60. The first-order chi connectivity index (χ1) is 9.38. The number of benzene rings is 1. The number of thiazole rings is 1. The van der Waals surface area contributed by atoms with E-state index >= 15 is 0 Å². The largest absolute Gasteiger partial charge is 0.250 e. The molecule has 0 spiro atoms. The molecular weight excluding hydrogens is 299 g/mol. The maximum Gasteiger partial charge on any atom is 0.240 e. The average molecular weight is 314 g/mol. The van der Waals surface area contributed by atoms with Crippen LogP contribution >= 0.6 is 11.3 Å². The summed E-state index contributed by atoms with van der Waals surface area (Å²) < 4.78 is 39.7. The van der Waals surface area contributed by atoms with Crippen molar-refractivity contribution in [1.29, 1.82) is 0 Å². The van der Waals surface area contributed by atoms with Gasteiger partial charge in [-0.05, 0) is 44.0 Å². The summed E-state index contributed by atoms with van der Waals surface area (Å²) in [6.07, 6.45) is 2.34. The Morgan fingerprint density at radius 3 is 2.70 bits per heavy atom. The molecule has 108 valence electrons. The van der Waals surface area contributed by atoms with E-state index in [4.69, 9.17) is 0 Å². The van der Waals surface area contributed by atoms with Crippen LogP contribution in [0.5, 0.6) is 0 Å². The van der Waals surface area contributed by atoms with Crippen molar-refractivity contribution in [3.8, 4) is 0 Å². The Bertz CT molecular complexity index is 711. The van der Waals surface area contributed by atoms with Crippen LogP contribution in [0.4, 0.5) is 4.39 Å². The second-order valence-electron chi connectivity index (χ2n) is 4.40. The van der Waals surface area contributed by atoms with E-state index in [1.165, 1.54) is 12.1 Å². The van der Waals surface area contributed by atoms with Crippen LogP contribution in [0.15, 0.2) is 29.3 Å². The Morgan fingerprint density at radius 2 is 2.10 bits per heavy atom. The van der Waals surface area contributed by atoms with Crippen molar-refractivity contribution in [1.82, 2.24) is 9.71 Å². The number of hydrogen-bond donors (Lipinski definition) is 1. The molecule has 0 unspecified atom stereocenters. The van der Waals surface area contributed by atoms with Gasteiger partial charge in [-0.1, -0.05) is 0 Å². The molecule has 1 aromatic carbocycles. The third kappa shape index (κ3) is 3.62. The molecule has 7 heteroatoms. The predicted molar refractivity (Wildman–Crippen MR) is 76.9 cm³/mol. The van der Waals surface area contributed by atoms with Crippen LogP contribution in [0.2, 0.25) is 0 Å². The molecule has 2 rings (SSSR count). The summed E-state index contributed by atoms with van der Waals surface area (Å²) in [5.74, 6) is -0.443. The fourth-order valence-electron chi connectivity index (χ4n) is 1.82. The van der Waals surface area contributed by atoms with Gasteiger partial charge in [-0.25, -0.2) is 22.5 Å². The van der Waals surface area contributed by atoms with E-state index in [1.54, 1.807) is 24.5 Å². The standard InChI is InChI=1S/C13H15FN2O2S2/c1-9-7-11(14)3-4-13(9)20(17,18)16-6-5-12-8-15-10(2)19-12/h3-4,7-8,16H,5-6H2,1-2H3. The van der Waals surface area contributed by atoms with Gasteiger partial charge in [-0.15, -0.1) is 11.3 Å². The topological polar surface area (TPSA) is 59.1 Å². The van der Waals surface area contributed by atoms with Crippen LogP contribution < -0.4 is 4.72 Å². The molecule has 0 fully saturated rings. The van der Waals surface area contributed by atoms with Crippen LogP contribution in [-0.4, -0.2) is 19.9 Å². The van der Waals surface area contributed by atoms with E-state index in [0.717, 1.165) is 16.0 Å². The maximum absolute atomic E-state index is 13.0. The third-order valence-electron chi connectivity index (χ3n) is 2.76. The van der Waals surface area contributed by atoms with Gasteiger partial charge in [0.25, 0.3) is 0 Å². The molecule has 0 atom stereocenters. The molecule has 0 bridgehead atoms. The highest BCUT2D eigenvalue weighted by Gasteiger charge is 2.16. The highest BCUT2D eigenvalue weighted by Crippen LogP contribution is 2.16. The van der Waals surface area contributed by atoms with E-state index in [1.807, 2.05) is 6.92 Å². The number of nitrogens with zero attached hydrogens (tertiary/aromatic N) is 1. The molecule has 0 saturated heterocycles. The number of rotatable bonds is 5. The highest BCUT2D eigenvalue weighted by molar-refractivity contribution is 7.89. The molecule has 0 aliphatic heterocycles. The maximum atomic E-state index is 13.0. The zero-order chi connectivity index (χ0) is 14.8. The lowest BCUT2D eigenvalue weighted by molar-refractivity contribution is 0.580. The van der Waals surface area contributed by atoms with Crippen LogP contribution in [-0.2, 0) is 16.4 Å². The van der Waals surface area contributed by atoms with E-state index in [0.29, 0.717) is 18.5 Å². The molecule has 0 saturated carbocycles. The molecule has 1 aromatic heterocycles. The summed E-state index contributed by atoms with van der Waals surface area (Å²) in [6.45, 7) is 3.77. The molecule has 4 nitrogen and oxygen atoms in total. The summed E-state index contributed by atoms with van der Waals surface area (Å²) in [6, 6.07) is 3.64. The van der Waals surface area contributed by atoms with Gasteiger partial charge in [-0.2, -0.15) is 0 Å². The van der Waals surface area contributed by atoms with E-state index in [9.17, 15) is 12.8 Å². The van der Waals surface area contributed by atoms with Gasteiger partial charge in [-0.3, -0.25) is 0 Å². The van der Waals surface area contributed by atoms with Gasteiger partial charge in [0.05, 0.1) is 9.90 Å². The first-order valence-corrected chi connectivity index (χ1v) is 8.35. The van der Waals surface area contributed by atoms with Gasteiger partial charge in [0, 0.05) is 17.6 Å². The molecule has 1 N–H and O–H groups in total. The number of aromatic nitrogens is 1. The van der Waals surface area contributed by atoms with E-state index in [2.05, 4.69) is 9.71 Å². The Morgan fingerprint density at radius 1 is 1.35 bits per heavy atom. The molecule has 0 aliphatic rings. The number of sulfonamides is 1. The summed E-state index contributed by atoms with van der Waals surface area (Å²) >= 11 is 1.54. The van der Waals surface area contributed by atoms with Crippen LogP contribution in [0.25, 0.3) is 0 Å². The van der Waals surface area contributed by atoms with E-state index in [-0.39, 0.29) is 4.90 Å². The van der Waals surface area contributed by atoms with Crippen LogP contribution in [0, 0.1) is 19.7 Å². The summed E-state index contributed by atoms with van der Waals surface area (Å²) in [4.78, 5) is 5.25. The van der Waals surface area contributed by atoms with Crippen molar-refractivity contribution in [3.05, 3.63) is 45.7 Å². The van der Waals surface area contributed by atoms with Crippen molar-refractivity contribution in [3.63, 3.8) is 0 Å². The smallest absolute Gasteiger partial charge is 0.240 e. The lowest BCUT2D eigenvalue weighted by Crippen LogP contribution is -2.26. The lowest BCUT2D eigenvalue weighted by atomic mass is 10.2. The average Bonchev–Trinajstić information content (AvgIpc) is 2.74. The minimum absolute atomic E-state index is 0.111. The third-order valence-corrected chi connectivity index (χ3v) is 5.35. The Balaban J connectivity index is 2.04. The number of nitrogens with one attached hydrogen (secondary N) is 1. The lowest BCUT2D eigenvalue weighted by Gasteiger charge is -2.08. The number of halogens is 1. The first kappa shape index (κ1) is 15.1. The Hall–Kier alpha value is -1.31.